The first-order valence-electron chi connectivity index (χ1n) is 7.70. The SMILES string of the molecule is NCC(=O)C(c1ccccc1)(c1ccccc1)c1ccccc1. The average molecular weight is 301 g/mol. The van der Waals surface area contributed by atoms with Gasteiger partial charge in [-0.25, -0.2) is 0 Å². The predicted molar refractivity (Wildman–Crippen MR) is 93.3 cm³/mol. The van der Waals surface area contributed by atoms with Crippen molar-refractivity contribution in [2.24, 2.45) is 5.73 Å². The van der Waals surface area contributed by atoms with Crippen molar-refractivity contribution in [3.63, 3.8) is 0 Å². The normalized spacial score (nSPS) is 11.2. The number of carbonyl (C=O) groups excluding carboxylic acids is 1. The zero-order valence-corrected chi connectivity index (χ0v) is 12.9. The van der Waals surface area contributed by atoms with Crippen LogP contribution < -0.4 is 5.73 Å². The lowest BCUT2D eigenvalue weighted by Gasteiger charge is -2.34. The van der Waals surface area contributed by atoms with Gasteiger partial charge in [-0.1, -0.05) is 91.0 Å². The maximum atomic E-state index is 13.1. The summed E-state index contributed by atoms with van der Waals surface area (Å²) in [4.78, 5) is 13.1. The van der Waals surface area contributed by atoms with E-state index in [2.05, 4.69) is 0 Å². The first-order valence-corrected chi connectivity index (χ1v) is 7.70. The number of ketones is 1. The zero-order chi connectivity index (χ0) is 16.1. The molecule has 0 aliphatic carbocycles. The average Bonchev–Trinajstić information content (AvgIpc) is 2.65. The van der Waals surface area contributed by atoms with E-state index in [1.807, 2.05) is 91.0 Å². The molecule has 0 heterocycles. The summed E-state index contributed by atoms with van der Waals surface area (Å²) in [5, 5.41) is 0. The Hall–Kier alpha value is -2.71. The fraction of sp³-hybridized carbons (Fsp3) is 0.0952. The molecule has 0 atom stereocenters. The Labute approximate surface area is 136 Å². The molecule has 2 heteroatoms. The Morgan fingerprint density at radius 3 is 1.22 bits per heavy atom. The van der Waals surface area contributed by atoms with Gasteiger partial charge < -0.3 is 5.73 Å². The highest BCUT2D eigenvalue weighted by atomic mass is 16.1. The fourth-order valence-corrected chi connectivity index (χ4v) is 3.20. The van der Waals surface area contributed by atoms with Crippen molar-refractivity contribution in [2.45, 2.75) is 5.41 Å². The molecular weight excluding hydrogens is 282 g/mol. The largest absolute Gasteiger partial charge is 0.324 e. The highest BCUT2D eigenvalue weighted by Gasteiger charge is 2.42. The van der Waals surface area contributed by atoms with Crippen LogP contribution in [0.5, 0.6) is 0 Å². The molecule has 0 spiro atoms. The monoisotopic (exact) mass is 301 g/mol. The fourth-order valence-electron chi connectivity index (χ4n) is 3.20. The first kappa shape index (κ1) is 15.2. The van der Waals surface area contributed by atoms with Gasteiger partial charge in [-0.2, -0.15) is 0 Å². The van der Waals surface area contributed by atoms with Crippen LogP contribution in [0.4, 0.5) is 0 Å². The van der Waals surface area contributed by atoms with Crippen LogP contribution in [0.3, 0.4) is 0 Å². The summed E-state index contributed by atoms with van der Waals surface area (Å²) < 4.78 is 0. The van der Waals surface area contributed by atoms with Crippen LogP contribution in [0.15, 0.2) is 91.0 Å². The van der Waals surface area contributed by atoms with Crippen LogP contribution in [0.1, 0.15) is 16.7 Å². The van der Waals surface area contributed by atoms with Crippen LogP contribution in [0.25, 0.3) is 0 Å². The molecule has 0 aromatic heterocycles. The van der Waals surface area contributed by atoms with Crippen LogP contribution in [0.2, 0.25) is 0 Å². The van der Waals surface area contributed by atoms with Crippen LogP contribution >= 0.6 is 0 Å². The van der Waals surface area contributed by atoms with Crippen molar-refractivity contribution >= 4 is 5.78 Å². The van der Waals surface area contributed by atoms with Crippen molar-refractivity contribution in [1.82, 2.24) is 0 Å². The molecule has 0 saturated heterocycles. The number of hydrogen-bond donors (Lipinski definition) is 1. The van der Waals surface area contributed by atoms with E-state index < -0.39 is 5.41 Å². The number of rotatable bonds is 5. The Kier molecular flexibility index (Phi) is 4.35. The van der Waals surface area contributed by atoms with Gasteiger partial charge in [0.1, 0.15) is 5.41 Å². The van der Waals surface area contributed by atoms with E-state index in [-0.39, 0.29) is 12.3 Å². The van der Waals surface area contributed by atoms with E-state index in [4.69, 9.17) is 5.73 Å². The third-order valence-corrected chi connectivity index (χ3v) is 4.22. The first-order chi connectivity index (χ1) is 11.3. The predicted octanol–water partition coefficient (Wildman–Crippen LogP) is 3.55. The minimum Gasteiger partial charge on any atom is -0.324 e. The molecule has 0 saturated carbocycles. The van der Waals surface area contributed by atoms with Crippen LogP contribution in [0, 0.1) is 0 Å². The van der Waals surface area contributed by atoms with Crippen molar-refractivity contribution in [3.05, 3.63) is 108 Å². The summed E-state index contributed by atoms with van der Waals surface area (Å²) in [6.07, 6.45) is 0. The summed E-state index contributed by atoms with van der Waals surface area (Å²) in [7, 11) is 0. The molecule has 0 radical (unpaired) electrons. The van der Waals surface area contributed by atoms with Gasteiger partial charge in [-0.05, 0) is 16.7 Å². The number of carbonyl (C=O) groups is 1. The van der Waals surface area contributed by atoms with Gasteiger partial charge >= 0.3 is 0 Å². The lowest BCUT2D eigenvalue weighted by Crippen LogP contribution is -2.42. The molecule has 0 unspecified atom stereocenters. The molecule has 2 N–H and O–H groups in total. The van der Waals surface area contributed by atoms with Crippen LogP contribution in [-0.4, -0.2) is 12.3 Å². The summed E-state index contributed by atoms with van der Waals surface area (Å²) >= 11 is 0. The third-order valence-electron chi connectivity index (χ3n) is 4.22. The van der Waals surface area contributed by atoms with E-state index >= 15 is 0 Å². The van der Waals surface area contributed by atoms with Crippen molar-refractivity contribution in [1.29, 1.82) is 0 Å². The molecule has 2 nitrogen and oxygen atoms in total. The Morgan fingerprint density at radius 2 is 0.957 bits per heavy atom. The molecule has 0 aliphatic heterocycles. The van der Waals surface area contributed by atoms with Gasteiger partial charge in [0.2, 0.25) is 0 Å². The lowest BCUT2D eigenvalue weighted by atomic mass is 9.66. The van der Waals surface area contributed by atoms with Gasteiger partial charge in [-0.15, -0.1) is 0 Å². The Bertz CT molecular complexity index is 670. The van der Waals surface area contributed by atoms with Crippen molar-refractivity contribution in [3.8, 4) is 0 Å². The molecular formula is C21H19NO. The quantitative estimate of drug-likeness (QED) is 0.732. The number of hydrogen-bond acceptors (Lipinski definition) is 2. The van der Waals surface area contributed by atoms with E-state index in [9.17, 15) is 4.79 Å². The van der Waals surface area contributed by atoms with E-state index in [0.717, 1.165) is 16.7 Å². The maximum Gasteiger partial charge on any atom is 0.165 e. The minimum atomic E-state index is -0.876. The maximum absolute atomic E-state index is 13.1. The summed E-state index contributed by atoms with van der Waals surface area (Å²) in [6.45, 7) is -0.0152. The summed E-state index contributed by atoms with van der Waals surface area (Å²) in [5.41, 5.74) is 7.76. The van der Waals surface area contributed by atoms with Crippen LogP contribution in [-0.2, 0) is 10.2 Å². The van der Waals surface area contributed by atoms with E-state index in [1.54, 1.807) is 0 Å². The highest BCUT2D eigenvalue weighted by molar-refractivity contribution is 5.98. The number of Topliss-reactive ketones (excluding diaryl/α,β-unsaturated/α-hetero) is 1. The summed E-state index contributed by atoms with van der Waals surface area (Å²) in [6, 6.07) is 29.6. The lowest BCUT2D eigenvalue weighted by molar-refractivity contribution is -0.120. The van der Waals surface area contributed by atoms with E-state index in [0.29, 0.717) is 0 Å². The number of nitrogens with two attached hydrogens (primary N) is 1. The molecule has 114 valence electrons. The minimum absolute atomic E-state index is 0.0129. The van der Waals surface area contributed by atoms with Crippen molar-refractivity contribution in [2.75, 3.05) is 6.54 Å². The van der Waals surface area contributed by atoms with Gasteiger partial charge in [0.25, 0.3) is 0 Å². The van der Waals surface area contributed by atoms with Gasteiger partial charge in [0, 0.05) is 0 Å². The van der Waals surface area contributed by atoms with Gasteiger partial charge in [-0.3, -0.25) is 4.79 Å². The van der Waals surface area contributed by atoms with Crippen molar-refractivity contribution < 1.29 is 4.79 Å². The zero-order valence-electron chi connectivity index (χ0n) is 12.9. The Balaban J connectivity index is 2.38. The topological polar surface area (TPSA) is 43.1 Å². The molecule has 3 aromatic carbocycles. The number of benzene rings is 3. The van der Waals surface area contributed by atoms with E-state index in [1.165, 1.54) is 0 Å². The molecule has 3 rings (SSSR count). The molecule has 0 fully saturated rings. The van der Waals surface area contributed by atoms with Gasteiger partial charge in [0.05, 0.1) is 6.54 Å². The molecule has 3 aromatic rings. The second-order valence-corrected chi connectivity index (χ2v) is 5.48. The molecule has 0 amide bonds. The van der Waals surface area contributed by atoms with Gasteiger partial charge in [0.15, 0.2) is 5.78 Å². The summed E-state index contributed by atoms with van der Waals surface area (Å²) in [5.74, 6) is -0.0129. The standard InChI is InChI=1S/C21H19NO/c22-16-20(23)21(17-10-4-1-5-11-17,18-12-6-2-7-13-18)19-14-8-3-9-15-19/h1-15H,16,22H2. The molecule has 0 bridgehead atoms. The second-order valence-electron chi connectivity index (χ2n) is 5.48. The highest BCUT2D eigenvalue weighted by Crippen LogP contribution is 2.39. The molecule has 0 aliphatic rings. The second kappa shape index (κ2) is 6.59. The third kappa shape index (κ3) is 2.58. The molecule has 23 heavy (non-hydrogen) atoms. The Morgan fingerprint density at radius 1 is 0.652 bits per heavy atom. The smallest absolute Gasteiger partial charge is 0.165 e.